The number of hydrogen-bond acceptors (Lipinski definition) is 3. The summed E-state index contributed by atoms with van der Waals surface area (Å²) in [7, 11) is 0. The van der Waals surface area contributed by atoms with Crippen molar-refractivity contribution in [3.8, 4) is 0 Å². The maximum atomic E-state index is 12.9. The summed E-state index contributed by atoms with van der Waals surface area (Å²) in [6.45, 7) is 5.47. The lowest BCUT2D eigenvalue weighted by Gasteiger charge is -2.06. The molecule has 0 saturated heterocycles. The van der Waals surface area contributed by atoms with E-state index in [4.69, 9.17) is 0 Å². The van der Waals surface area contributed by atoms with Crippen molar-refractivity contribution < 1.29 is 4.39 Å². The maximum absolute atomic E-state index is 12.9. The van der Waals surface area contributed by atoms with Gasteiger partial charge in [0.15, 0.2) is 0 Å². The normalized spacial score (nSPS) is 10.8. The minimum absolute atomic E-state index is 0.179. The average molecular weight is 250 g/mol. The number of aryl methyl sites for hydroxylation is 2. The molecule has 0 radical (unpaired) electrons. The van der Waals surface area contributed by atoms with E-state index in [1.807, 2.05) is 26.1 Å². The summed E-state index contributed by atoms with van der Waals surface area (Å²) < 4.78 is 12.9. The molecule has 0 aliphatic heterocycles. The van der Waals surface area contributed by atoms with Gasteiger partial charge in [-0.15, -0.1) is 11.3 Å². The van der Waals surface area contributed by atoms with Crippen LogP contribution in [0.25, 0.3) is 0 Å². The Hall–Kier alpha value is -1.26. The highest BCUT2D eigenvalue weighted by Gasteiger charge is 2.01. The molecule has 2 nitrogen and oxygen atoms in total. The summed E-state index contributed by atoms with van der Waals surface area (Å²) >= 11 is 1.70. The number of nitrogens with one attached hydrogen (secondary N) is 1. The van der Waals surface area contributed by atoms with Crippen molar-refractivity contribution in [2.75, 3.05) is 0 Å². The third-order valence-electron chi connectivity index (χ3n) is 2.57. The quantitative estimate of drug-likeness (QED) is 0.901. The number of benzene rings is 1. The molecule has 2 aromatic rings. The van der Waals surface area contributed by atoms with Crippen LogP contribution in [0.1, 0.15) is 21.0 Å². The lowest BCUT2D eigenvalue weighted by atomic mass is 10.1. The Balaban J connectivity index is 1.90. The summed E-state index contributed by atoms with van der Waals surface area (Å²) in [4.78, 5) is 5.50. The van der Waals surface area contributed by atoms with Crippen molar-refractivity contribution in [1.29, 1.82) is 0 Å². The van der Waals surface area contributed by atoms with E-state index in [9.17, 15) is 4.39 Å². The average Bonchev–Trinajstić information content (AvgIpc) is 2.68. The summed E-state index contributed by atoms with van der Waals surface area (Å²) in [5.74, 6) is -0.179. The zero-order valence-corrected chi connectivity index (χ0v) is 10.8. The molecule has 0 atom stereocenters. The Morgan fingerprint density at radius 1 is 1.29 bits per heavy atom. The van der Waals surface area contributed by atoms with Gasteiger partial charge in [-0.3, -0.25) is 0 Å². The number of thiazole rings is 1. The van der Waals surface area contributed by atoms with Gasteiger partial charge in [0.05, 0.1) is 0 Å². The van der Waals surface area contributed by atoms with E-state index in [1.165, 1.54) is 10.9 Å². The van der Waals surface area contributed by atoms with Gasteiger partial charge in [0, 0.05) is 24.2 Å². The number of hydrogen-bond donors (Lipinski definition) is 1. The van der Waals surface area contributed by atoms with Crippen LogP contribution in [-0.4, -0.2) is 4.98 Å². The summed E-state index contributed by atoms with van der Waals surface area (Å²) in [5, 5.41) is 4.40. The van der Waals surface area contributed by atoms with Crippen LogP contribution in [0.4, 0.5) is 4.39 Å². The van der Waals surface area contributed by atoms with E-state index < -0.39 is 0 Å². The molecule has 0 unspecified atom stereocenters. The molecule has 1 aromatic carbocycles. The molecule has 0 saturated carbocycles. The highest BCUT2D eigenvalue weighted by Crippen LogP contribution is 2.12. The minimum atomic E-state index is -0.179. The molecule has 0 amide bonds. The van der Waals surface area contributed by atoms with E-state index in [2.05, 4.69) is 10.3 Å². The predicted molar refractivity (Wildman–Crippen MR) is 68.5 cm³/mol. The third-order valence-corrected chi connectivity index (χ3v) is 3.48. The molecule has 0 spiro atoms. The maximum Gasteiger partial charge on any atom is 0.123 e. The summed E-state index contributed by atoms with van der Waals surface area (Å²) in [5.41, 5.74) is 2.10. The van der Waals surface area contributed by atoms with Crippen molar-refractivity contribution in [3.63, 3.8) is 0 Å². The van der Waals surface area contributed by atoms with Gasteiger partial charge in [0.1, 0.15) is 10.8 Å². The second-order valence-electron chi connectivity index (χ2n) is 4.04. The van der Waals surface area contributed by atoms with Gasteiger partial charge in [0.2, 0.25) is 0 Å². The highest BCUT2D eigenvalue weighted by molar-refractivity contribution is 7.11. The minimum Gasteiger partial charge on any atom is -0.306 e. The monoisotopic (exact) mass is 250 g/mol. The molecule has 0 aliphatic rings. The number of halogens is 1. The van der Waals surface area contributed by atoms with Gasteiger partial charge in [0.25, 0.3) is 0 Å². The second kappa shape index (κ2) is 5.38. The van der Waals surface area contributed by atoms with Crippen molar-refractivity contribution in [2.24, 2.45) is 0 Å². The molecular weight excluding hydrogens is 235 g/mol. The van der Waals surface area contributed by atoms with E-state index in [1.54, 1.807) is 17.4 Å². The van der Waals surface area contributed by atoms with Crippen LogP contribution >= 0.6 is 11.3 Å². The number of rotatable bonds is 4. The van der Waals surface area contributed by atoms with Crippen LogP contribution < -0.4 is 5.32 Å². The Labute approximate surface area is 105 Å². The number of nitrogens with zero attached hydrogens (tertiary/aromatic N) is 1. The van der Waals surface area contributed by atoms with Gasteiger partial charge < -0.3 is 5.32 Å². The van der Waals surface area contributed by atoms with E-state index in [0.29, 0.717) is 0 Å². The molecule has 17 heavy (non-hydrogen) atoms. The fourth-order valence-corrected chi connectivity index (χ4v) is 2.40. The van der Waals surface area contributed by atoms with Crippen molar-refractivity contribution in [3.05, 3.63) is 51.2 Å². The largest absolute Gasteiger partial charge is 0.306 e. The predicted octanol–water partition coefficient (Wildman–Crippen LogP) is 3.19. The Morgan fingerprint density at radius 2 is 2.12 bits per heavy atom. The molecule has 0 fully saturated rings. The molecule has 0 aliphatic carbocycles. The molecule has 1 aromatic heterocycles. The fraction of sp³-hybridized carbons (Fsp3) is 0.308. The van der Waals surface area contributed by atoms with Crippen LogP contribution in [0.2, 0.25) is 0 Å². The molecule has 4 heteroatoms. The van der Waals surface area contributed by atoms with Crippen molar-refractivity contribution in [2.45, 2.75) is 26.9 Å². The van der Waals surface area contributed by atoms with E-state index >= 15 is 0 Å². The lowest BCUT2D eigenvalue weighted by Crippen LogP contribution is -2.13. The zero-order valence-electron chi connectivity index (χ0n) is 9.96. The summed E-state index contributed by atoms with van der Waals surface area (Å²) in [6, 6.07) is 4.88. The van der Waals surface area contributed by atoms with Gasteiger partial charge in [-0.2, -0.15) is 0 Å². The van der Waals surface area contributed by atoms with Crippen LogP contribution in [0, 0.1) is 19.7 Å². The Morgan fingerprint density at radius 3 is 2.76 bits per heavy atom. The van der Waals surface area contributed by atoms with Gasteiger partial charge in [-0.05, 0) is 37.1 Å². The van der Waals surface area contributed by atoms with E-state index in [0.717, 1.165) is 29.2 Å². The Kier molecular flexibility index (Phi) is 3.86. The molecule has 2 rings (SSSR count). The standard InChI is InChI=1S/C13H15FN2S/c1-9-5-12(14)4-3-11(9)7-15-8-13-16-6-10(2)17-13/h3-6,15H,7-8H2,1-2H3. The smallest absolute Gasteiger partial charge is 0.123 e. The third kappa shape index (κ3) is 3.35. The number of aromatic nitrogens is 1. The highest BCUT2D eigenvalue weighted by atomic mass is 32.1. The molecular formula is C13H15FN2S. The molecule has 1 N–H and O–H groups in total. The second-order valence-corrected chi connectivity index (χ2v) is 5.36. The first-order valence-electron chi connectivity index (χ1n) is 5.52. The molecule has 0 bridgehead atoms. The van der Waals surface area contributed by atoms with Crippen LogP contribution in [0.15, 0.2) is 24.4 Å². The van der Waals surface area contributed by atoms with Gasteiger partial charge >= 0.3 is 0 Å². The summed E-state index contributed by atoms with van der Waals surface area (Å²) in [6.07, 6.45) is 1.88. The van der Waals surface area contributed by atoms with Crippen LogP contribution in [0.3, 0.4) is 0 Å². The van der Waals surface area contributed by atoms with Crippen LogP contribution in [0.5, 0.6) is 0 Å². The van der Waals surface area contributed by atoms with E-state index in [-0.39, 0.29) is 5.82 Å². The molecule has 1 heterocycles. The van der Waals surface area contributed by atoms with Gasteiger partial charge in [-0.1, -0.05) is 6.07 Å². The first-order valence-corrected chi connectivity index (χ1v) is 6.34. The van der Waals surface area contributed by atoms with Crippen molar-refractivity contribution >= 4 is 11.3 Å². The lowest BCUT2D eigenvalue weighted by molar-refractivity contribution is 0.623. The first-order chi connectivity index (χ1) is 8.15. The topological polar surface area (TPSA) is 24.9 Å². The first kappa shape index (κ1) is 12.2. The molecule has 90 valence electrons. The Bertz CT molecular complexity index is 508. The zero-order chi connectivity index (χ0) is 12.3. The fourth-order valence-electron chi connectivity index (χ4n) is 1.64. The van der Waals surface area contributed by atoms with Gasteiger partial charge in [-0.25, -0.2) is 9.37 Å². The van der Waals surface area contributed by atoms with Crippen LogP contribution in [-0.2, 0) is 13.1 Å². The van der Waals surface area contributed by atoms with Crippen molar-refractivity contribution in [1.82, 2.24) is 10.3 Å². The SMILES string of the molecule is Cc1cnc(CNCc2ccc(F)cc2C)s1.